The summed E-state index contributed by atoms with van der Waals surface area (Å²) in [6.07, 6.45) is 5.09. The molecular formula is C18H25N5. The van der Waals surface area contributed by atoms with E-state index < -0.39 is 0 Å². The van der Waals surface area contributed by atoms with Gasteiger partial charge in [-0.05, 0) is 24.6 Å². The Morgan fingerprint density at radius 3 is 3.00 bits per heavy atom. The van der Waals surface area contributed by atoms with E-state index in [0.29, 0.717) is 6.04 Å². The lowest BCUT2D eigenvalue weighted by atomic mass is 10.1. The first-order chi connectivity index (χ1) is 11.2. The maximum atomic E-state index is 4.57. The van der Waals surface area contributed by atoms with E-state index in [2.05, 4.69) is 57.0 Å². The number of likely N-dealkylation sites (N-methyl/N-ethyl adjacent to an activating group) is 1. The zero-order valence-electron chi connectivity index (χ0n) is 14.0. The van der Waals surface area contributed by atoms with Crippen LogP contribution in [0.25, 0.3) is 0 Å². The molecule has 0 saturated carbocycles. The lowest BCUT2D eigenvalue weighted by Gasteiger charge is -2.39. The van der Waals surface area contributed by atoms with Gasteiger partial charge in [-0.3, -0.25) is 9.80 Å². The van der Waals surface area contributed by atoms with Crippen molar-refractivity contribution in [3.63, 3.8) is 0 Å². The SMILES string of the molecule is CN1CCN(Cc2cccc3c2NCC3)CC1c1nccn1C. The van der Waals surface area contributed by atoms with Crippen LogP contribution in [0.2, 0.25) is 0 Å². The van der Waals surface area contributed by atoms with Gasteiger partial charge in [0.05, 0.1) is 6.04 Å². The van der Waals surface area contributed by atoms with Crippen molar-refractivity contribution in [1.29, 1.82) is 0 Å². The van der Waals surface area contributed by atoms with Crippen LogP contribution in [-0.4, -0.2) is 52.6 Å². The first-order valence-electron chi connectivity index (χ1n) is 8.47. The van der Waals surface area contributed by atoms with Gasteiger partial charge in [0.1, 0.15) is 5.82 Å². The topological polar surface area (TPSA) is 36.3 Å². The molecule has 0 aliphatic carbocycles. The van der Waals surface area contributed by atoms with E-state index in [-0.39, 0.29) is 0 Å². The summed E-state index contributed by atoms with van der Waals surface area (Å²) in [5, 5.41) is 3.56. The molecule has 0 radical (unpaired) electrons. The molecule has 2 aliphatic rings. The van der Waals surface area contributed by atoms with Gasteiger partial charge in [-0.15, -0.1) is 0 Å². The number of fused-ring (bicyclic) bond motifs is 1. The molecule has 1 fully saturated rings. The fraction of sp³-hybridized carbons (Fsp3) is 0.500. The van der Waals surface area contributed by atoms with Crippen molar-refractivity contribution in [2.75, 3.05) is 38.5 Å². The zero-order chi connectivity index (χ0) is 15.8. The summed E-state index contributed by atoms with van der Waals surface area (Å²) in [7, 11) is 4.29. The highest BCUT2D eigenvalue weighted by Gasteiger charge is 2.29. The van der Waals surface area contributed by atoms with E-state index >= 15 is 0 Å². The number of para-hydroxylation sites is 1. The average Bonchev–Trinajstić information content (AvgIpc) is 3.18. The predicted molar refractivity (Wildman–Crippen MR) is 92.5 cm³/mol. The van der Waals surface area contributed by atoms with Crippen molar-refractivity contribution in [2.24, 2.45) is 7.05 Å². The lowest BCUT2D eigenvalue weighted by Crippen LogP contribution is -2.47. The average molecular weight is 311 g/mol. The van der Waals surface area contributed by atoms with Crippen molar-refractivity contribution >= 4 is 5.69 Å². The maximum Gasteiger partial charge on any atom is 0.127 e. The lowest BCUT2D eigenvalue weighted by molar-refractivity contribution is 0.0845. The van der Waals surface area contributed by atoms with Crippen LogP contribution in [0.3, 0.4) is 0 Å². The third-order valence-electron chi connectivity index (χ3n) is 5.22. The number of rotatable bonds is 3. The molecule has 0 bridgehead atoms. The van der Waals surface area contributed by atoms with Crippen molar-refractivity contribution in [2.45, 2.75) is 19.0 Å². The molecule has 1 atom stereocenters. The number of aryl methyl sites for hydroxylation is 1. The van der Waals surface area contributed by atoms with E-state index in [0.717, 1.165) is 45.0 Å². The van der Waals surface area contributed by atoms with Crippen molar-refractivity contribution in [3.05, 3.63) is 47.5 Å². The summed E-state index contributed by atoms with van der Waals surface area (Å²) in [6, 6.07) is 7.09. The minimum Gasteiger partial charge on any atom is -0.384 e. The number of nitrogens with zero attached hydrogens (tertiary/aromatic N) is 4. The minimum atomic E-state index is 0.369. The number of benzene rings is 1. The molecule has 1 N–H and O–H groups in total. The molecule has 4 rings (SSSR count). The normalized spacial score (nSPS) is 22.1. The Kier molecular flexibility index (Phi) is 3.83. The quantitative estimate of drug-likeness (QED) is 0.939. The van der Waals surface area contributed by atoms with Crippen LogP contribution < -0.4 is 5.32 Å². The Labute approximate surface area is 137 Å². The molecular weight excluding hydrogens is 286 g/mol. The van der Waals surface area contributed by atoms with Crippen LogP contribution in [0.4, 0.5) is 5.69 Å². The number of anilines is 1. The Balaban J connectivity index is 1.52. The third-order valence-corrected chi connectivity index (χ3v) is 5.22. The van der Waals surface area contributed by atoms with Gasteiger partial charge in [-0.2, -0.15) is 0 Å². The number of hydrogen-bond donors (Lipinski definition) is 1. The highest BCUT2D eigenvalue weighted by molar-refractivity contribution is 5.61. The minimum absolute atomic E-state index is 0.369. The van der Waals surface area contributed by atoms with Gasteiger partial charge in [0.15, 0.2) is 0 Å². The molecule has 5 heteroatoms. The van der Waals surface area contributed by atoms with Crippen molar-refractivity contribution in [1.82, 2.24) is 19.4 Å². The first kappa shape index (κ1) is 14.7. The van der Waals surface area contributed by atoms with E-state index in [1.165, 1.54) is 16.8 Å². The number of piperazine rings is 1. The van der Waals surface area contributed by atoms with Crippen LogP contribution >= 0.6 is 0 Å². The van der Waals surface area contributed by atoms with Crippen LogP contribution in [0.1, 0.15) is 23.0 Å². The van der Waals surface area contributed by atoms with Crippen molar-refractivity contribution in [3.8, 4) is 0 Å². The standard InChI is InChI=1S/C18H25N5/c1-21-10-11-23(13-16(21)18-20-8-9-22(18)2)12-15-5-3-4-14-6-7-19-17(14)15/h3-5,8-9,16,19H,6-7,10-13H2,1-2H3. The molecule has 0 spiro atoms. The molecule has 5 nitrogen and oxygen atoms in total. The third kappa shape index (κ3) is 2.75. The van der Waals surface area contributed by atoms with Crippen LogP contribution in [0, 0.1) is 0 Å². The Morgan fingerprint density at radius 1 is 1.26 bits per heavy atom. The summed E-state index contributed by atoms with van der Waals surface area (Å²) < 4.78 is 2.15. The van der Waals surface area contributed by atoms with E-state index in [9.17, 15) is 0 Å². The van der Waals surface area contributed by atoms with E-state index in [4.69, 9.17) is 0 Å². The fourth-order valence-corrected chi connectivity index (χ4v) is 3.83. The Morgan fingerprint density at radius 2 is 2.17 bits per heavy atom. The predicted octanol–water partition coefficient (Wildman–Crippen LogP) is 1.88. The fourth-order valence-electron chi connectivity index (χ4n) is 3.83. The molecule has 23 heavy (non-hydrogen) atoms. The molecule has 0 amide bonds. The number of aromatic nitrogens is 2. The summed E-state index contributed by atoms with van der Waals surface area (Å²) >= 11 is 0. The maximum absolute atomic E-state index is 4.57. The van der Waals surface area contributed by atoms with Crippen LogP contribution in [-0.2, 0) is 20.0 Å². The number of imidazole rings is 1. The smallest absolute Gasteiger partial charge is 0.127 e. The van der Waals surface area contributed by atoms with Gasteiger partial charge >= 0.3 is 0 Å². The Bertz CT molecular complexity index is 692. The van der Waals surface area contributed by atoms with Gasteiger partial charge in [-0.1, -0.05) is 18.2 Å². The molecule has 2 aromatic rings. The molecule has 1 saturated heterocycles. The zero-order valence-corrected chi connectivity index (χ0v) is 14.0. The molecule has 1 aromatic carbocycles. The van der Waals surface area contributed by atoms with Crippen LogP contribution in [0.5, 0.6) is 0 Å². The second kappa shape index (κ2) is 5.98. The second-order valence-corrected chi connectivity index (χ2v) is 6.76. The number of hydrogen-bond acceptors (Lipinski definition) is 4. The molecule has 2 aliphatic heterocycles. The van der Waals surface area contributed by atoms with Gasteiger partial charge < -0.3 is 9.88 Å². The van der Waals surface area contributed by atoms with Gasteiger partial charge in [-0.25, -0.2) is 4.98 Å². The van der Waals surface area contributed by atoms with E-state index in [1.807, 2.05) is 12.4 Å². The summed E-state index contributed by atoms with van der Waals surface area (Å²) in [6.45, 7) is 5.32. The highest BCUT2D eigenvalue weighted by Crippen LogP contribution is 2.29. The summed E-state index contributed by atoms with van der Waals surface area (Å²) in [5.41, 5.74) is 4.28. The van der Waals surface area contributed by atoms with Crippen molar-refractivity contribution < 1.29 is 0 Å². The summed E-state index contributed by atoms with van der Waals surface area (Å²) in [5.74, 6) is 1.16. The molecule has 122 valence electrons. The first-order valence-corrected chi connectivity index (χ1v) is 8.47. The monoisotopic (exact) mass is 311 g/mol. The molecule has 1 aromatic heterocycles. The van der Waals surface area contributed by atoms with Gasteiger partial charge in [0, 0.05) is 57.9 Å². The largest absolute Gasteiger partial charge is 0.384 e. The highest BCUT2D eigenvalue weighted by atomic mass is 15.3. The van der Waals surface area contributed by atoms with E-state index in [1.54, 1.807) is 0 Å². The molecule has 1 unspecified atom stereocenters. The van der Waals surface area contributed by atoms with Gasteiger partial charge in [0.2, 0.25) is 0 Å². The van der Waals surface area contributed by atoms with Gasteiger partial charge in [0.25, 0.3) is 0 Å². The Hall–Kier alpha value is -1.85. The second-order valence-electron chi connectivity index (χ2n) is 6.76. The van der Waals surface area contributed by atoms with Crippen LogP contribution in [0.15, 0.2) is 30.6 Å². The summed E-state index contributed by atoms with van der Waals surface area (Å²) in [4.78, 5) is 9.56. The number of nitrogens with one attached hydrogen (secondary N) is 1. The molecule has 3 heterocycles.